The summed E-state index contributed by atoms with van der Waals surface area (Å²) < 4.78 is 0. The molecule has 3 rings (SSSR count). The highest BCUT2D eigenvalue weighted by molar-refractivity contribution is 8.00. The largest absolute Gasteiger partial charge is 0.370 e. The maximum absolute atomic E-state index is 6.08. The summed E-state index contributed by atoms with van der Waals surface area (Å²) in [5, 5.41) is 0.783. The van der Waals surface area contributed by atoms with E-state index in [1.807, 2.05) is 18.2 Å². The second-order valence-electron chi connectivity index (χ2n) is 4.66. The van der Waals surface area contributed by atoms with Crippen LogP contribution >= 0.6 is 11.8 Å². The first-order valence-corrected chi connectivity index (χ1v) is 7.10. The smallest absolute Gasteiger partial charge is 0.191 e. The Morgan fingerprint density at radius 2 is 2.24 bits per heavy atom. The molecule has 4 heteroatoms. The third-order valence-electron chi connectivity index (χ3n) is 3.46. The molecule has 2 fully saturated rings. The summed E-state index contributed by atoms with van der Waals surface area (Å²) in [5.74, 6) is 1.94. The number of fused-ring (bicyclic) bond motifs is 2. The summed E-state index contributed by atoms with van der Waals surface area (Å²) in [6, 6.07) is 10.9. The van der Waals surface area contributed by atoms with Gasteiger partial charge in [0.15, 0.2) is 5.96 Å². The van der Waals surface area contributed by atoms with Crippen LogP contribution in [-0.2, 0) is 6.54 Å². The highest BCUT2D eigenvalue weighted by Crippen LogP contribution is 2.37. The summed E-state index contributed by atoms with van der Waals surface area (Å²) in [4.78, 5) is 6.79. The van der Waals surface area contributed by atoms with Gasteiger partial charge in [0, 0.05) is 23.6 Å². The molecule has 17 heavy (non-hydrogen) atoms. The maximum atomic E-state index is 6.08. The molecule has 2 unspecified atom stereocenters. The number of benzene rings is 1. The van der Waals surface area contributed by atoms with Crippen LogP contribution in [0.15, 0.2) is 35.3 Å². The van der Waals surface area contributed by atoms with Gasteiger partial charge < -0.3 is 10.6 Å². The Kier molecular flexibility index (Phi) is 2.97. The van der Waals surface area contributed by atoms with Gasteiger partial charge in [0.25, 0.3) is 0 Å². The van der Waals surface area contributed by atoms with E-state index >= 15 is 0 Å². The minimum atomic E-state index is 0.629. The Bertz CT molecular complexity index is 418. The van der Waals surface area contributed by atoms with Crippen molar-refractivity contribution in [2.45, 2.75) is 24.3 Å². The molecular formula is C13H17N3S. The van der Waals surface area contributed by atoms with Gasteiger partial charge in [-0.15, -0.1) is 0 Å². The van der Waals surface area contributed by atoms with Crippen molar-refractivity contribution in [3.63, 3.8) is 0 Å². The molecule has 2 atom stereocenters. The maximum Gasteiger partial charge on any atom is 0.191 e. The van der Waals surface area contributed by atoms with Crippen LogP contribution in [0.5, 0.6) is 0 Å². The van der Waals surface area contributed by atoms with Crippen molar-refractivity contribution in [2.75, 3.05) is 12.3 Å². The number of guanidine groups is 1. The van der Waals surface area contributed by atoms with Crippen molar-refractivity contribution in [2.24, 2.45) is 10.7 Å². The van der Waals surface area contributed by atoms with Crippen molar-refractivity contribution in [3.8, 4) is 0 Å². The SMILES string of the molecule is NC(=NCc1ccccc1)N1CC2CC1CS2. The van der Waals surface area contributed by atoms with E-state index in [4.69, 9.17) is 5.73 Å². The average Bonchev–Trinajstić information content (AvgIpc) is 2.99. The lowest BCUT2D eigenvalue weighted by molar-refractivity contribution is 0.410. The molecule has 90 valence electrons. The first kappa shape index (κ1) is 11.0. The Morgan fingerprint density at radius 3 is 2.88 bits per heavy atom. The van der Waals surface area contributed by atoms with E-state index < -0.39 is 0 Å². The minimum absolute atomic E-state index is 0.629. The Morgan fingerprint density at radius 1 is 1.41 bits per heavy atom. The molecule has 0 saturated carbocycles. The number of aliphatic imine (C=N–C) groups is 1. The first-order chi connectivity index (χ1) is 8.33. The van der Waals surface area contributed by atoms with Gasteiger partial charge >= 0.3 is 0 Å². The number of likely N-dealkylation sites (tertiary alicyclic amines) is 1. The van der Waals surface area contributed by atoms with Gasteiger partial charge in [-0.05, 0) is 12.0 Å². The van der Waals surface area contributed by atoms with E-state index in [0.29, 0.717) is 12.6 Å². The summed E-state index contributed by atoms with van der Waals surface area (Å²) >= 11 is 2.08. The lowest BCUT2D eigenvalue weighted by Crippen LogP contribution is -2.43. The molecule has 0 amide bonds. The normalized spacial score (nSPS) is 27.8. The van der Waals surface area contributed by atoms with E-state index in [9.17, 15) is 0 Å². The molecule has 1 aromatic rings. The number of hydrogen-bond acceptors (Lipinski definition) is 2. The molecule has 2 N–H and O–H groups in total. The Hall–Kier alpha value is -1.16. The lowest BCUT2D eigenvalue weighted by Gasteiger charge is -2.27. The second kappa shape index (κ2) is 4.61. The van der Waals surface area contributed by atoms with Gasteiger partial charge in [-0.25, -0.2) is 4.99 Å². The third-order valence-corrected chi connectivity index (χ3v) is 4.85. The number of rotatable bonds is 2. The average molecular weight is 247 g/mol. The highest BCUT2D eigenvalue weighted by Gasteiger charge is 2.39. The van der Waals surface area contributed by atoms with Gasteiger partial charge in [-0.2, -0.15) is 11.8 Å². The lowest BCUT2D eigenvalue weighted by atomic mass is 10.2. The summed E-state index contributed by atoms with van der Waals surface area (Å²) in [6.45, 7) is 1.77. The van der Waals surface area contributed by atoms with Crippen molar-refractivity contribution < 1.29 is 0 Å². The monoisotopic (exact) mass is 247 g/mol. The minimum Gasteiger partial charge on any atom is -0.370 e. The van der Waals surface area contributed by atoms with Crippen LogP contribution in [0.4, 0.5) is 0 Å². The fourth-order valence-electron chi connectivity index (χ4n) is 2.53. The molecule has 2 bridgehead atoms. The second-order valence-corrected chi connectivity index (χ2v) is 5.99. The Balaban J connectivity index is 1.64. The van der Waals surface area contributed by atoms with Crippen molar-refractivity contribution in [3.05, 3.63) is 35.9 Å². The highest BCUT2D eigenvalue weighted by atomic mass is 32.2. The number of nitrogens with two attached hydrogens (primary N) is 1. The third kappa shape index (κ3) is 2.27. The molecule has 2 aliphatic heterocycles. The summed E-state index contributed by atoms with van der Waals surface area (Å²) in [6.07, 6.45) is 1.28. The standard InChI is InChI=1S/C13H17N3S/c14-13(15-7-10-4-2-1-3-5-10)16-8-12-6-11(16)9-17-12/h1-5,11-12H,6-9H2,(H2,14,15). The fraction of sp³-hybridized carbons (Fsp3) is 0.462. The quantitative estimate of drug-likeness (QED) is 0.639. The van der Waals surface area contributed by atoms with E-state index in [2.05, 4.69) is 33.8 Å². The van der Waals surface area contributed by atoms with Crippen LogP contribution in [0, 0.1) is 0 Å². The molecule has 0 aliphatic carbocycles. The summed E-state index contributed by atoms with van der Waals surface area (Å²) in [5.41, 5.74) is 7.30. The van der Waals surface area contributed by atoms with Crippen molar-refractivity contribution >= 4 is 17.7 Å². The van der Waals surface area contributed by atoms with E-state index in [0.717, 1.165) is 17.8 Å². The zero-order chi connectivity index (χ0) is 11.7. The summed E-state index contributed by atoms with van der Waals surface area (Å²) in [7, 11) is 0. The van der Waals surface area contributed by atoms with Crippen LogP contribution < -0.4 is 5.73 Å². The van der Waals surface area contributed by atoms with Gasteiger partial charge in [0.1, 0.15) is 0 Å². The zero-order valence-electron chi connectivity index (χ0n) is 9.75. The van der Waals surface area contributed by atoms with Crippen LogP contribution in [-0.4, -0.2) is 34.4 Å². The number of thioether (sulfide) groups is 1. The van der Waals surface area contributed by atoms with Gasteiger partial charge in [-0.1, -0.05) is 30.3 Å². The molecule has 0 spiro atoms. The molecular weight excluding hydrogens is 230 g/mol. The molecule has 0 radical (unpaired) electrons. The zero-order valence-corrected chi connectivity index (χ0v) is 10.6. The number of hydrogen-bond donors (Lipinski definition) is 1. The van der Waals surface area contributed by atoms with Crippen LogP contribution in [0.3, 0.4) is 0 Å². The predicted molar refractivity (Wildman–Crippen MR) is 73.1 cm³/mol. The predicted octanol–water partition coefficient (Wildman–Crippen LogP) is 1.69. The molecule has 1 aromatic carbocycles. The molecule has 2 heterocycles. The van der Waals surface area contributed by atoms with Crippen LogP contribution in [0.25, 0.3) is 0 Å². The molecule has 0 aromatic heterocycles. The van der Waals surface area contributed by atoms with Crippen molar-refractivity contribution in [1.29, 1.82) is 0 Å². The van der Waals surface area contributed by atoms with E-state index in [-0.39, 0.29) is 0 Å². The van der Waals surface area contributed by atoms with E-state index in [1.165, 1.54) is 17.7 Å². The van der Waals surface area contributed by atoms with E-state index in [1.54, 1.807) is 0 Å². The molecule has 2 aliphatic rings. The van der Waals surface area contributed by atoms with Crippen molar-refractivity contribution in [1.82, 2.24) is 4.90 Å². The molecule has 2 saturated heterocycles. The van der Waals surface area contributed by atoms with Gasteiger partial charge in [-0.3, -0.25) is 0 Å². The molecule has 3 nitrogen and oxygen atoms in total. The Labute approximate surface area is 106 Å². The first-order valence-electron chi connectivity index (χ1n) is 6.05. The number of nitrogens with zero attached hydrogens (tertiary/aromatic N) is 2. The van der Waals surface area contributed by atoms with Gasteiger partial charge in [0.2, 0.25) is 0 Å². The van der Waals surface area contributed by atoms with Gasteiger partial charge in [0.05, 0.1) is 6.54 Å². The fourth-order valence-corrected chi connectivity index (χ4v) is 3.96. The van der Waals surface area contributed by atoms with Crippen LogP contribution in [0.2, 0.25) is 0 Å². The topological polar surface area (TPSA) is 41.6 Å². The van der Waals surface area contributed by atoms with Crippen LogP contribution in [0.1, 0.15) is 12.0 Å².